The van der Waals surface area contributed by atoms with E-state index in [2.05, 4.69) is 5.10 Å². The first-order valence-electron chi connectivity index (χ1n) is 5.16. The lowest BCUT2D eigenvalue weighted by Gasteiger charge is -2.15. The molecule has 0 aliphatic rings. The SMILES string of the molecule is Cn1nccc1C(CN)c1cccc(F)c1. The Kier molecular flexibility index (Phi) is 3.01. The van der Waals surface area contributed by atoms with Gasteiger partial charge < -0.3 is 5.73 Å². The van der Waals surface area contributed by atoms with Crippen LogP contribution >= 0.6 is 0 Å². The van der Waals surface area contributed by atoms with Gasteiger partial charge in [0.25, 0.3) is 0 Å². The summed E-state index contributed by atoms with van der Waals surface area (Å²) in [6.45, 7) is 0.434. The highest BCUT2D eigenvalue weighted by atomic mass is 19.1. The summed E-state index contributed by atoms with van der Waals surface area (Å²) in [5.41, 5.74) is 7.63. The van der Waals surface area contributed by atoms with Crippen molar-refractivity contribution in [3.63, 3.8) is 0 Å². The van der Waals surface area contributed by atoms with Crippen LogP contribution in [0.4, 0.5) is 4.39 Å². The molecule has 1 aromatic carbocycles. The third-order valence-corrected chi connectivity index (χ3v) is 2.70. The van der Waals surface area contributed by atoms with Gasteiger partial charge in [-0.25, -0.2) is 4.39 Å². The average molecular weight is 219 g/mol. The summed E-state index contributed by atoms with van der Waals surface area (Å²) in [6.07, 6.45) is 1.72. The molecular weight excluding hydrogens is 205 g/mol. The van der Waals surface area contributed by atoms with Crippen molar-refractivity contribution in [1.29, 1.82) is 0 Å². The first-order chi connectivity index (χ1) is 7.72. The normalized spacial score (nSPS) is 12.7. The quantitative estimate of drug-likeness (QED) is 0.853. The van der Waals surface area contributed by atoms with Crippen molar-refractivity contribution in [2.75, 3.05) is 6.54 Å². The van der Waals surface area contributed by atoms with Crippen molar-refractivity contribution in [2.45, 2.75) is 5.92 Å². The van der Waals surface area contributed by atoms with Crippen LogP contribution in [0.3, 0.4) is 0 Å². The second kappa shape index (κ2) is 4.45. The summed E-state index contributed by atoms with van der Waals surface area (Å²) in [4.78, 5) is 0. The van der Waals surface area contributed by atoms with E-state index in [0.717, 1.165) is 11.3 Å². The molecule has 0 saturated carbocycles. The molecule has 0 fully saturated rings. The van der Waals surface area contributed by atoms with Crippen LogP contribution in [0.15, 0.2) is 36.5 Å². The summed E-state index contributed by atoms with van der Waals surface area (Å²) in [5.74, 6) is -0.249. The zero-order chi connectivity index (χ0) is 11.5. The predicted molar refractivity (Wildman–Crippen MR) is 60.5 cm³/mol. The van der Waals surface area contributed by atoms with Gasteiger partial charge in [-0.3, -0.25) is 4.68 Å². The number of nitrogens with two attached hydrogens (primary N) is 1. The standard InChI is InChI=1S/C12H14FN3/c1-16-12(5-6-15-16)11(8-14)9-3-2-4-10(13)7-9/h2-7,11H,8,14H2,1H3. The van der Waals surface area contributed by atoms with Crippen molar-refractivity contribution >= 4 is 0 Å². The topological polar surface area (TPSA) is 43.8 Å². The van der Waals surface area contributed by atoms with Crippen molar-refractivity contribution in [3.05, 3.63) is 53.6 Å². The van der Waals surface area contributed by atoms with Crippen LogP contribution in [0.25, 0.3) is 0 Å². The van der Waals surface area contributed by atoms with E-state index < -0.39 is 0 Å². The molecule has 16 heavy (non-hydrogen) atoms. The van der Waals surface area contributed by atoms with Gasteiger partial charge in [-0.15, -0.1) is 0 Å². The molecule has 0 spiro atoms. The van der Waals surface area contributed by atoms with E-state index in [1.165, 1.54) is 12.1 Å². The summed E-state index contributed by atoms with van der Waals surface area (Å²) < 4.78 is 14.9. The number of benzene rings is 1. The third-order valence-electron chi connectivity index (χ3n) is 2.70. The third kappa shape index (κ3) is 1.97. The lowest BCUT2D eigenvalue weighted by molar-refractivity contribution is 0.618. The second-order valence-corrected chi connectivity index (χ2v) is 3.72. The van der Waals surface area contributed by atoms with Gasteiger partial charge in [-0.2, -0.15) is 5.10 Å². The van der Waals surface area contributed by atoms with E-state index >= 15 is 0 Å². The minimum Gasteiger partial charge on any atom is -0.329 e. The summed E-state index contributed by atoms with van der Waals surface area (Å²) >= 11 is 0. The fourth-order valence-corrected chi connectivity index (χ4v) is 1.88. The molecule has 2 aromatic rings. The highest BCUT2D eigenvalue weighted by Gasteiger charge is 2.15. The van der Waals surface area contributed by atoms with E-state index in [-0.39, 0.29) is 11.7 Å². The van der Waals surface area contributed by atoms with Gasteiger partial charge in [0, 0.05) is 31.4 Å². The molecule has 0 amide bonds. The van der Waals surface area contributed by atoms with Crippen LogP contribution in [0.5, 0.6) is 0 Å². The Morgan fingerprint density at radius 2 is 2.25 bits per heavy atom. The molecule has 0 aliphatic heterocycles. The minimum atomic E-state index is -0.238. The van der Waals surface area contributed by atoms with Crippen LogP contribution in [0, 0.1) is 5.82 Å². The van der Waals surface area contributed by atoms with Crippen LogP contribution in [0.1, 0.15) is 17.2 Å². The van der Waals surface area contributed by atoms with Crippen molar-refractivity contribution in [2.24, 2.45) is 12.8 Å². The summed E-state index contributed by atoms with van der Waals surface area (Å²) in [5, 5.41) is 4.10. The maximum atomic E-state index is 13.1. The van der Waals surface area contributed by atoms with E-state index in [1.807, 2.05) is 19.2 Å². The minimum absolute atomic E-state index is 0.0109. The molecule has 0 bridgehead atoms. The molecular formula is C12H14FN3. The monoisotopic (exact) mass is 219 g/mol. The molecule has 2 N–H and O–H groups in total. The van der Waals surface area contributed by atoms with Gasteiger partial charge in [-0.05, 0) is 23.8 Å². The van der Waals surface area contributed by atoms with E-state index in [0.29, 0.717) is 6.54 Å². The largest absolute Gasteiger partial charge is 0.329 e. The van der Waals surface area contributed by atoms with E-state index in [4.69, 9.17) is 5.73 Å². The second-order valence-electron chi connectivity index (χ2n) is 3.72. The smallest absolute Gasteiger partial charge is 0.123 e. The maximum Gasteiger partial charge on any atom is 0.123 e. The average Bonchev–Trinajstić information content (AvgIpc) is 2.67. The number of rotatable bonds is 3. The first kappa shape index (κ1) is 10.8. The Bertz CT molecular complexity index is 479. The molecule has 0 aliphatic carbocycles. The van der Waals surface area contributed by atoms with Crippen LogP contribution in [-0.4, -0.2) is 16.3 Å². The highest BCUT2D eigenvalue weighted by Crippen LogP contribution is 2.23. The van der Waals surface area contributed by atoms with Gasteiger partial charge in [0.1, 0.15) is 5.82 Å². The number of hydrogen-bond donors (Lipinski definition) is 1. The van der Waals surface area contributed by atoms with Gasteiger partial charge in [0.2, 0.25) is 0 Å². The number of nitrogens with zero attached hydrogens (tertiary/aromatic N) is 2. The maximum absolute atomic E-state index is 13.1. The molecule has 1 aromatic heterocycles. The number of halogens is 1. The summed E-state index contributed by atoms with van der Waals surface area (Å²) in [6, 6.07) is 8.44. The van der Waals surface area contributed by atoms with Gasteiger partial charge in [0.05, 0.1) is 0 Å². The lowest BCUT2D eigenvalue weighted by atomic mass is 9.96. The van der Waals surface area contributed by atoms with Crippen molar-refractivity contribution in [1.82, 2.24) is 9.78 Å². The zero-order valence-electron chi connectivity index (χ0n) is 9.10. The van der Waals surface area contributed by atoms with Crippen molar-refractivity contribution < 1.29 is 4.39 Å². The van der Waals surface area contributed by atoms with Gasteiger partial charge in [-0.1, -0.05) is 12.1 Å². The Morgan fingerprint density at radius 1 is 1.44 bits per heavy atom. The molecule has 2 rings (SSSR count). The van der Waals surface area contributed by atoms with E-state index in [1.54, 1.807) is 16.9 Å². The lowest BCUT2D eigenvalue weighted by Crippen LogP contribution is -2.17. The number of aryl methyl sites for hydroxylation is 1. The van der Waals surface area contributed by atoms with Crippen LogP contribution in [0.2, 0.25) is 0 Å². The zero-order valence-corrected chi connectivity index (χ0v) is 9.10. The van der Waals surface area contributed by atoms with Gasteiger partial charge >= 0.3 is 0 Å². The predicted octanol–water partition coefficient (Wildman–Crippen LogP) is 1.65. The van der Waals surface area contributed by atoms with Crippen molar-refractivity contribution in [3.8, 4) is 0 Å². The summed E-state index contributed by atoms with van der Waals surface area (Å²) in [7, 11) is 1.86. The molecule has 84 valence electrons. The molecule has 1 unspecified atom stereocenters. The Hall–Kier alpha value is -1.68. The van der Waals surface area contributed by atoms with Crippen LogP contribution < -0.4 is 5.73 Å². The fourth-order valence-electron chi connectivity index (χ4n) is 1.88. The number of aromatic nitrogens is 2. The Labute approximate surface area is 93.7 Å². The van der Waals surface area contributed by atoms with Crippen LogP contribution in [-0.2, 0) is 7.05 Å². The molecule has 3 nitrogen and oxygen atoms in total. The molecule has 0 saturated heterocycles. The highest BCUT2D eigenvalue weighted by molar-refractivity contribution is 5.29. The first-order valence-corrected chi connectivity index (χ1v) is 5.16. The molecule has 1 heterocycles. The Morgan fingerprint density at radius 3 is 2.81 bits per heavy atom. The molecule has 1 atom stereocenters. The molecule has 0 radical (unpaired) electrons. The Balaban J connectivity index is 2.40. The fraction of sp³-hybridized carbons (Fsp3) is 0.250. The molecule has 4 heteroatoms. The number of hydrogen-bond acceptors (Lipinski definition) is 2. The van der Waals surface area contributed by atoms with E-state index in [9.17, 15) is 4.39 Å². The van der Waals surface area contributed by atoms with Gasteiger partial charge in [0.15, 0.2) is 0 Å².